The molecule has 2 saturated heterocycles. The summed E-state index contributed by atoms with van der Waals surface area (Å²) in [6, 6.07) is 0.604. The second-order valence-electron chi connectivity index (χ2n) is 6.58. The Labute approximate surface area is 138 Å². The van der Waals surface area contributed by atoms with Crippen LogP contribution in [0.4, 0.5) is 0 Å². The molecule has 0 bridgehead atoms. The average molecular weight is 323 g/mol. The van der Waals surface area contributed by atoms with Gasteiger partial charge in [-0.3, -0.25) is 14.7 Å². The zero-order valence-corrected chi connectivity index (χ0v) is 14.1. The normalized spacial score (nSPS) is 26.4. The summed E-state index contributed by atoms with van der Waals surface area (Å²) < 4.78 is 5.43. The Morgan fingerprint density at radius 1 is 1.13 bits per heavy atom. The summed E-state index contributed by atoms with van der Waals surface area (Å²) in [5.74, 6) is 1.43. The molecule has 0 aromatic heterocycles. The Morgan fingerprint density at radius 2 is 1.87 bits per heavy atom. The van der Waals surface area contributed by atoms with Crippen LogP contribution in [0.3, 0.4) is 0 Å². The number of nitrogens with zero attached hydrogens (tertiary/aromatic N) is 3. The predicted molar refractivity (Wildman–Crippen MR) is 89.5 cm³/mol. The third-order valence-electron chi connectivity index (χ3n) is 4.89. The van der Waals surface area contributed by atoms with E-state index in [-0.39, 0.29) is 11.8 Å². The van der Waals surface area contributed by atoms with Crippen LogP contribution < -0.4 is 10.6 Å². The van der Waals surface area contributed by atoms with Crippen molar-refractivity contribution in [2.24, 2.45) is 10.9 Å². The Balaban J connectivity index is 1.37. The van der Waals surface area contributed by atoms with Crippen LogP contribution in [0.5, 0.6) is 0 Å². The zero-order valence-electron chi connectivity index (χ0n) is 14.1. The van der Waals surface area contributed by atoms with Gasteiger partial charge in [0, 0.05) is 58.3 Å². The van der Waals surface area contributed by atoms with Crippen LogP contribution in [-0.4, -0.2) is 87.2 Å². The molecule has 3 aliphatic rings. The second kappa shape index (κ2) is 7.97. The van der Waals surface area contributed by atoms with E-state index in [0.29, 0.717) is 12.6 Å². The topological polar surface area (TPSA) is 69.2 Å². The summed E-state index contributed by atoms with van der Waals surface area (Å²) in [4.78, 5) is 20.8. The van der Waals surface area contributed by atoms with Crippen molar-refractivity contribution in [3.8, 4) is 0 Å². The number of likely N-dealkylation sites (tertiary alicyclic amines) is 1. The minimum atomic E-state index is 0.204. The lowest BCUT2D eigenvalue weighted by molar-refractivity contribution is -0.122. The molecule has 1 saturated carbocycles. The van der Waals surface area contributed by atoms with Gasteiger partial charge in [0.1, 0.15) is 0 Å². The van der Waals surface area contributed by atoms with E-state index in [1.165, 1.54) is 6.42 Å². The van der Waals surface area contributed by atoms with E-state index in [9.17, 15) is 4.79 Å². The SMILES string of the molecule is CN=C(NCCNC(=O)C1CC1)N1CCC(N2CCOCC2)C1. The summed E-state index contributed by atoms with van der Waals surface area (Å²) in [5.41, 5.74) is 0. The molecule has 130 valence electrons. The maximum Gasteiger partial charge on any atom is 0.223 e. The molecular weight excluding hydrogens is 294 g/mol. The van der Waals surface area contributed by atoms with Gasteiger partial charge in [0.15, 0.2) is 5.96 Å². The Bertz CT molecular complexity index is 432. The second-order valence-corrected chi connectivity index (χ2v) is 6.58. The first kappa shape index (κ1) is 16.5. The summed E-state index contributed by atoms with van der Waals surface area (Å²) in [5, 5.41) is 6.35. The molecule has 3 fully saturated rings. The standard InChI is InChI=1S/C16H29N5O2/c1-17-16(19-6-5-18-15(22)13-2-3-13)21-7-4-14(12-21)20-8-10-23-11-9-20/h13-14H,2-12H2,1H3,(H,17,19)(H,18,22). The van der Waals surface area contributed by atoms with Crippen molar-refractivity contribution in [3.63, 3.8) is 0 Å². The Hall–Kier alpha value is -1.34. The van der Waals surface area contributed by atoms with E-state index in [2.05, 4.69) is 25.4 Å². The van der Waals surface area contributed by atoms with Gasteiger partial charge in [-0.1, -0.05) is 0 Å². The van der Waals surface area contributed by atoms with E-state index >= 15 is 0 Å². The van der Waals surface area contributed by atoms with Gasteiger partial charge >= 0.3 is 0 Å². The first-order chi connectivity index (χ1) is 11.3. The summed E-state index contributed by atoms with van der Waals surface area (Å²) >= 11 is 0. The summed E-state index contributed by atoms with van der Waals surface area (Å²) in [6.07, 6.45) is 3.29. The quantitative estimate of drug-likeness (QED) is 0.405. The molecule has 7 nitrogen and oxygen atoms in total. The van der Waals surface area contributed by atoms with Crippen molar-refractivity contribution >= 4 is 11.9 Å². The van der Waals surface area contributed by atoms with Crippen LogP contribution >= 0.6 is 0 Å². The van der Waals surface area contributed by atoms with Crippen LogP contribution in [0.2, 0.25) is 0 Å². The first-order valence-electron chi connectivity index (χ1n) is 8.83. The van der Waals surface area contributed by atoms with E-state index in [1.807, 2.05) is 7.05 Å². The first-order valence-corrected chi connectivity index (χ1v) is 8.83. The van der Waals surface area contributed by atoms with Crippen LogP contribution in [0.25, 0.3) is 0 Å². The fourth-order valence-electron chi connectivity index (χ4n) is 3.36. The molecule has 2 aliphatic heterocycles. The summed E-state index contributed by atoms with van der Waals surface area (Å²) in [6.45, 7) is 7.23. The van der Waals surface area contributed by atoms with Crippen molar-refractivity contribution < 1.29 is 9.53 Å². The third kappa shape index (κ3) is 4.57. The lowest BCUT2D eigenvalue weighted by Gasteiger charge is -2.32. The minimum Gasteiger partial charge on any atom is -0.379 e. The van der Waals surface area contributed by atoms with E-state index < -0.39 is 0 Å². The van der Waals surface area contributed by atoms with Gasteiger partial charge in [0.25, 0.3) is 0 Å². The minimum absolute atomic E-state index is 0.204. The fraction of sp³-hybridized carbons (Fsp3) is 0.875. The largest absolute Gasteiger partial charge is 0.379 e. The van der Waals surface area contributed by atoms with Crippen LogP contribution in [-0.2, 0) is 9.53 Å². The number of morpholine rings is 1. The van der Waals surface area contributed by atoms with Crippen molar-refractivity contribution in [1.29, 1.82) is 0 Å². The van der Waals surface area contributed by atoms with Gasteiger partial charge in [-0.05, 0) is 19.3 Å². The summed E-state index contributed by atoms with van der Waals surface area (Å²) in [7, 11) is 1.83. The molecule has 2 N–H and O–H groups in total. The van der Waals surface area contributed by atoms with Gasteiger partial charge in [-0.25, -0.2) is 0 Å². The molecule has 2 heterocycles. The van der Waals surface area contributed by atoms with Gasteiger partial charge in [-0.2, -0.15) is 0 Å². The number of aliphatic imine (C=N–C) groups is 1. The number of nitrogens with one attached hydrogen (secondary N) is 2. The lowest BCUT2D eigenvalue weighted by Crippen LogP contribution is -2.47. The highest BCUT2D eigenvalue weighted by Crippen LogP contribution is 2.28. The molecule has 0 aromatic carbocycles. The van der Waals surface area contributed by atoms with Gasteiger partial charge < -0.3 is 20.3 Å². The van der Waals surface area contributed by atoms with Crippen LogP contribution in [0, 0.1) is 5.92 Å². The molecule has 1 atom stereocenters. The highest BCUT2D eigenvalue weighted by molar-refractivity contribution is 5.81. The van der Waals surface area contributed by atoms with Crippen LogP contribution in [0.1, 0.15) is 19.3 Å². The predicted octanol–water partition coefficient (Wildman–Crippen LogP) is -0.505. The molecule has 0 spiro atoms. The lowest BCUT2D eigenvalue weighted by atomic mass is 10.2. The molecule has 7 heteroatoms. The maximum atomic E-state index is 11.6. The van der Waals surface area contributed by atoms with Crippen molar-refractivity contribution in [1.82, 2.24) is 20.4 Å². The molecule has 23 heavy (non-hydrogen) atoms. The molecule has 1 aliphatic carbocycles. The van der Waals surface area contributed by atoms with Gasteiger partial charge in [-0.15, -0.1) is 0 Å². The molecule has 1 unspecified atom stereocenters. The highest BCUT2D eigenvalue weighted by atomic mass is 16.5. The number of amides is 1. The highest BCUT2D eigenvalue weighted by Gasteiger charge is 2.30. The Morgan fingerprint density at radius 3 is 2.57 bits per heavy atom. The number of carbonyl (C=O) groups is 1. The van der Waals surface area contributed by atoms with Crippen molar-refractivity contribution in [2.75, 3.05) is 59.5 Å². The van der Waals surface area contributed by atoms with Crippen LogP contribution in [0.15, 0.2) is 4.99 Å². The molecule has 1 amide bonds. The average Bonchev–Trinajstić information content (AvgIpc) is 3.33. The number of ether oxygens (including phenoxy) is 1. The number of guanidine groups is 1. The zero-order chi connectivity index (χ0) is 16.1. The molecule has 0 radical (unpaired) electrons. The van der Waals surface area contributed by atoms with Crippen molar-refractivity contribution in [3.05, 3.63) is 0 Å². The van der Waals surface area contributed by atoms with E-state index in [4.69, 9.17) is 4.74 Å². The number of hydrogen-bond acceptors (Lipinski definition) is 4. The number of hydrogen-bond donors (Lipinski definition) is 2. The molecular formula is C16H29N5O2. The monoisotopic (exact) mass is 323 g/mol. The Kier molecular flexibility index (Phi) is 5.72. The molecule has 3 rings (SSSR count). The van der Waals surface area contributed by atoms with Gasteiger partial charge in [0.05, 0.1) is 13.2 Å². The smallest absolute Gasteiger partial charge is 0.223 e. The van der Waals surface area contributed by atoms with Gasteiger partial charge in [0.2, 0.25) is 5.91 Å². The fourth-order valence-corrected chi connectivity index (χ4v) is 3.36. The number of rotatable bonds is 5. The maximum absolute atomic E-state index is 11.6. The van der Waals surface area contributed by atoms with Crippen molar-refractivity contribution in [2.45, 2.75) is 25.3 Å². The number of carbonyl (C=O) groups excluding carboxylic acids is 1. The third-order valence-corrected chi connectivity index (χ3v) is 4.89. The van der Waals surface area contributed by atoms with E-state index in [1.54, 1.807) is 0 Å². The van der Waals surface area contributed by atoms with E-state index in [0.717, 1.165) is 64.7 Å². The molecule has 0 aromatic rings.